The van der Waals surface area contributed by atoms with Crippen LogP contribution in [0.3, 0.4) is 0 Å². The van der Waals surface area contributed by atoms with E-state index < -0.39 is 11.7 Å². The molecule has 0 bridgehead atoms. The van der Waals surface area contributed by atoms with E-state index in [1.54, 1.807) is 6.92 Å². The summed E-state index contributed by atoms with van der Waals surface area (Å²) in [6, 6.07) is 0. The van der Waals surface area contributed by atoms with Gasteiger partial charge >= 0.3 is 5.97 Å². The average Bonchev–Trinajstić information content (AvgIpc) is 2.24. The molecule has 1 rings (SSSR count). The van der Waals surface area contributed by atoms with E-state index in [0.29, 0.717) is 11.5 Å². The van der Waals surface area contributed by atoms with Crippen LogP contribution in [-0.4, -0.2) is 22.8 Å². The Labute approximate surface area is 110 Å². The highest BCUT2D eigenvalue weighted by molar-refractivity contribution is 5.89. The van der Waals surface area contributed by atoms with E-state index in [1.165, 1.54) is 19.3 Å². The number of aliphatic hydroxyl groups is 1. The van der Waals surface area contributed by atoms with Crippen molar-refractivity contribution in [2.75, 3.05) is 0 Å². The molecular formula is C15H26O3. The lowest BCUT2D eigenvalue weighted by molar-refractivity contribution is -0.151. The molecule has 1 atom stereocenters. The molecule has 104 valence electrons. The molecule has 0 saturated heterocycles. The highest BCUT2D eigenvalue weighted by Crippen LogP contribution is 2.27. The second-order valence-corrected chi connectivity index (χ2v) is 6.20. The highest BCUT2D eigenvalue weighted by atomic mass is 16.6. The molecule has 1 aliphatic rings. The summed E-state index contributed by atoms with van der Waals surface area (Å²) in [4.78, 5) is 12.0. The van der Waals surface area contributed by atoms with Crippen molar-refractivity contribution >= 4 is 5.97 Å². The third-order valence-corrected chi connectivity index (χ3v) is 3.15. The number of aliphatic hydroxyl groups excluding tert-OH is 1. The summed E-state index contributed by atoms with van der Waals surface area (Å²) in [6.45, 7) is 7.14. The van der Waals surface area contributed by atoms with E-state index in [4.69, 9.17) is 4.74 Å². The number of carbonyl (C=O) groups is 1. The fourth-order valence-electron chi connectivity index (χ4n) is 2.27. The lowest BCUT2D eigenvalue weighted by atomic mass is 9.87. The predicted molar refractivity (Wildman–Crippen MR) is 72.2 cm³/mol. The number of ether oxygens (including phenoxy) is 1. The Hall–Kier alpha value is -0.830. The first-order valence-electron chi connectivity index (χ1n) is 6.93. The van der Waals surface area contributed by atoms with E-state index in [1.807, 2.05) is 26.8 Å². The maximum absolute atomic E-state index is 12.0. The topological polar surface area (TPSA) is 46.5 Å². The largest absolute Gasteiger partial charge is 0.457 e. The minimum Gasteiger partial charge on any atom is -0.457 e. The molecule has 1 aliphatic carbocycles. The summed E-state index contributed by atoms with van der Waals surface area (Å²) < 4.78 is 5.34. The minimum absolute atomic E-state index is 0.386. The van der Waals surface area contributed by atoms with Gasteiger partial charge in [0.15, 0.2) is 0 Å². The molecule has 0 unspecified atom stereocenters. The van der Waals surface area contributed by atoms with Crippen LogP contribution >= 0.6 is 0 Å². The van der Waals surface area contributed by atoms with Crippen LogP contribution in [0.2, 0.25) is 0 Å². The van der Waals surface area contributed by atoms with Gasteiger partial charge in [-0.05, 0) is 46.5 Å². The molecule has 0 heterocycles. The van der Waals surface area contributed by atoms with Gasteiger partial charge in [-0.2, -0.15) is 0 Å². The molecule has 18 heavy (non-hydrogen) atoms. The second kappa shape index (κ2) is 6.37. The predicted octanol–water partition coefficient (Wildman–Crippen LogP) is 3.22. The maximum Gasteiger partial charge on any atom is 0.336 e. The van der Waals surface area contributed by atoms with Crippen molar-refractivity contribution in [2.45, 2.75) is 71.5 Å². The summed E-state index contributed by atoms with van der Waals surface area (Å²) in [5.74, 6) is 0.0268. The summed E-state index contributed by atoms with van der Waals surface area (Å²) >= 11 is 0. The molecule has 3 heteroatoms. The van der Waals surface area contributed by atoms with Crippen molar-refractivity contribution in [3.63, 3.8) is 0 Å². The minimum atomic E-state index is -0.762. The zero-order chi connectivity index (χ0) is 13.8. The molecule has 0 spiro atoms. The average molecular weight is 254 g/mol. The quantitative estimate of drug-likeness (QED) is 0.621. The van der Waals surface area contributed by atoms with Crippen molar-refractivity contribution in [2.24, 2.45) is 5.92 Å². The summed E-state index contributed by atoms with van der Waals surface area (Å²) in [7, 11) is 0. The molecule has 0 aromatic heterocycles. The summed E-state index contributed by atoms with van der Waals surface area (Å²) in [5.41, 5.74) is -0.103. The number of hydrogen-bond donors (Lipinski definition) is 1. The standard InChI is InChI=1S/C15H26O3/c1-11(16)13(14(17)18-15(2,3)4)10-12-8-6-5-7-9-12/h10-12,16H,5-9H2,1-4H3/b13-10-/t11-/m0/s1. The summed E-state index contributed by atoms with van der Waals surface area (Å²) in [6.07, 6.45) is 7.09. The third-order valence-electron chi connectivity index (χ3n) is 3.15. The lowest BCUT2D eigenvalue weighted by Gasteiger charge is -2.24. The van der Waals surface area contributed by atoms with Crippen LogP contribution < -0.4 is 0 Å². The first-order chi connectivity index (χ1) is 8.29. The Morgan fingerprint density at radius 2 is 1.83 bits per heavy atom. The smallest absolute Gasteiger partial charge is 0.336 e. The molecule has 1 saturated carbocycles. The van der Waals surface area contributed by atoms with Gasteiger partial charge in [-0.25, -0.2) is 4.79 Å². The van der Waals surface area contributed by atoms with Crippen LogP contribution in [0, 0.1) is 5.92 Å². The highest BCUT2D eigenvalue weighted by Gasteiger charge is 2.24. The van der Waals surface area contributed by atoms with E-state index in [9.17, 15) is 9.90 Å². The molecule has 1 fully saturated rings. The van der Waals surface area contributed by atoms with E-state index in [0.717, 1.165) is 12.8 Å². The van der Waals surface area contributed by atoms with Gasteiger partial charge in [0.1, 0.15) is 5.60 Å². The van der Waals surface area contributed by atoms with Crippen molar-refractivity contribution in [3.05, 3.63) is 11.6 Å². The molecule has 0 amide bonds. The first kappa shape index (κ1) is 15.2. The third kappa shape index (κ3) is 5.21. The van der Waals surface area contributed by atoms with Crippen LogP contribution in [0.1, 0.15) is 59.8 Å². The van der Waals surface area contributed by atoms with Crippen molar-refractivity contribution in [1.29, 1.82) is 0 Å². The van der Waals surface area contributed by atoms with Gasteiger partial charge in [0.2, 0.25) is 0 Å². The molecule has 0 aromatic rings. The first-order valence-corrected chi connectivity index (χ1v) is 6.93. The Balaban J connectivity index is 2.74. The zero-order valence-electron chi connectivity index (χ0n) is 12.0. The fraction of sp³-hybridized carbons (Fsp3) is 0.800. The van der Waals surface area contributed by atoms with Crippen LogP contribution in [0.25, 0.3) is 0 Å². The molecule has 1 N–H and O–H groups in total. The summed E-state index contributed by atoms with van der Waals surface area (Å²) in [5, 5.41) is 9.74. The molecule has 0 radical (unpaired) electrons. The van der Waals surface area contributed by atoms with Crippen molar-refractivity contribution < 1.29 is 14.6 Å². The van der Waals surface area contributed by atoms with E-state index >= 15 is 0 Å². The Morgan fingerprint density at radius 1 is 1.28 bits per heavy atom. The van der Waals surface area contributed by atoms with E-state index in [2.05, 4.69) is 0 Å². The van der Waals surface area contributed by atoms with Crippen LogP contribution in [0.15, 0.2) is 11.6 Å². The monoisotopic (exact) mass is 254 g/mol. The second-order valence-electron chi connectivity index (χ2n) is 6.20. The van der Waals surface area contributed by atoms with Gasteiger partial charge in [0.05, 0.1) is 11.7 Å². The molecular weight excluding hydrogens is 228 g/mol. The molecule has 0 aliphatic heterocycles. The maximum atomic E-state index is 12.0. The van der Waals surface area contributed by atoms with Crippen LogP contribution in [0.5, 0.6) is 0 Å². The number of allylic oxidation sites excluding steroid dienone is 1. The van der Waals surface area contributed by atoms with Crippen molar-refractivity contribution in [1.82, 2.24) is 0 Å². The number of esters is 1. The Morgan fingerprint density at radius 3 is 2.28 bits per heavy atom. The van der Waals surface area contributed by atoms with E-state index in [-0.39, 0.29) is 5.97 Å². The van der Waals surface area contributed by atoms with Gasteiger partial charge in [-0.15, -0.1) is 0 Å². The lowest BCUT2D eigenvalue weighted by Crippen LogP contribution is -2.28. The van der Waals surface area contributed by atoms with Crippen LogP contribution in [-0.2, 0) is 9.53 Å². The zero-order valence-corrected chi connectivity index (χ0v) is 12.0. The van der Waals surface area contributed by atoms with Gasteiger partial charge in [-0.3, -0.25) is 0 Å². The number of carbonyl (C=O) groups excluding carboxylic acids is 1. The molecule has 3 nitrogen and oxygen atoms in total. The Kier molecular flexibility index (Phi) is 5.39. The van der Waals surface area contributed by atoms with Gasteiger partial charge < -0.3 is 9.84 Å². The van der Waals surface area contributed by atoms with Gasteiger partial charge in [-0.1, -0.05) is 25.3 Å². The number of hydrogen-bond acceptors (Lipinski definition) is 3. The SMILES string of the molecule is C[C@H](O)/C(=C/C1CCCCC1)C(=O)OC(C)(C)C. The normalized spacial score (nSPS) is 20.6. The molecule has 0 aromatic carbocycles. The number of rotatable bonds is 3. The van der Waals surface area contributed by atoms with Gasteiger partial charge in [0.25, 0.3) is 0 Å². The van der Waals surface area contributed by atoms with Crippen LogP contribution in [0.4, 0.5) is 0 Å². The Bertz CT molecular complexity index is 304. The van der Waals surface area contributed by atoms with Crippen molar-refractivity contribution in [3.8, 4) is 0 Å². The van der Waals surface area contributed by atoms with Gasteiger partial charge in [0, 0.05) is 0 Å². The fourth-order valence-corrected chi connectivity index (χ4v) is 2.27.